The van der Waals surface area contributed by atoms with Crippen LogP contribution in [0.15, 0.2) is 24.3 Å². The zero-order valence-electron chi connectivity index (χ0n) is 9.39. The third kappa shape index (κ3) is 1.83. The summed E-state index contributed by atoms with van der Waals surface area (Å²) in [5.41, 5.74) is 2.09. The number of nitrogens with zero attached hydrogens (tertiary/aromatic N) is 2. The van der Waals surface area contributed by atoms with Gasteiger partial charge in [-0.2, -0.15) is 5.26 Å². The van der Waals surface area contributed by atoms with Crippen LogP contribution in [0.25, 0.3) is 0 Å². The number of rotatable bonds is 2. The van der Waals surface area contributed by atoms with E-state index in [9.17, 15) is 0 Å². The van der Waals surface area contributed by atoms with Gasteiger partial charge in [0, 0.05) is 19.6 Å². The van der Waals surface area contributed by atoms with Crippen molar-refractivity contribution in [1.29, 1.82) is 5.26 Å². The zero-order valence-corrected chi connectivity index (χ0v) is 9.39. The van der Waals surface area contributed by atoms with E-state index in [0.717, 1.165) is 23.9 Å². The molecule has 3 aliphatic rings. The average Bonchev–Trinajstić information content (AvgIpc) is 2.29. The second-order valence-electron chi connectivity index (χ2n) is 5.21. The van der Waals surface area contributed by atoms with Crippen molar-refractivity contribution in [2.45, 2.75) is 19.4 Å². The lowest BCUT2D eigenvalue weighted by molar-refractivity contribution is 0.0228. The summed E-state index contributed by atoms with van der Waals surface area (Å²) in [5, 5.41) is 8.73. The summed E-state index contributed by atoms with van der Waals surface area (Å²) in [6.45, 7) is 3.60. The molecular formula is C14H16N2. The third-order valence-electron chi connectivity index (χ3n) is 3.86. The summed E-state index contributed by atoms with van der Waals surface area (Å²) in [7, 11) is 0. The van der Waals surface area contributed by atoms with E-state index >= 15 is 0 Å². The molecule has 2 nitrogen and oxygen atoms in total. The highest BCUT2D eigenvalue weighted by molar-refractivity contribution is 5.31. The molecule has 0 spiro atoms. The molecule has 2 heterocycles. The van der Waals surface area contributed by atoms with Crippen LogP contribution in [0.5, 0.6) is 0 Å². The SMILES string of the molecule is N#Cc1ccc(CN2CC3CC(C3)C2)cc1. The van der Waals surface area contributed by atoms with Crippen molar-refractivity contribution >= 4 is 0 Å². The first-order valence-electron chi connectivity index (χ1n) is 6.05. The van der Waals surface area contributed by atoms with Gasteiger partial charge in [-0.1, -0.05) is 12.1 Å². The van der Waals surface area contributed by atoms with Crippen molar-refractivity contribution in [3.05, 3.63) is 35.4 Å². The Bertz CT molecular complexity index is 399. The largest absolute Gasteiger partial charge is 0.299 e. The summed E-state index contributed by atoms with van der Waals surface area (Å²) in [5.74, 6) is 1.94. The molecule has 0 N–H and O–H groups in total. The van der Waals surface area contributed by atoms with Crippen molar-refractivity contribution in [3.8, 4) is 6.07 Å². The highest BCUT2D eigenvalue weighted by Gasteiger charge is 2.36. The van der Waals surface area contributed by atoms with E-state index in [1.165, 1.54) is 31.5 Å². The lowest BCUT2D eigenvalue weighted by atomic mass is 9.71. The fourth-order valence-electron chi connectivity index (χ4n) is 3.05. The molecule has 82 valence electrons. The molecular weight excluding hydrogens is 196 g/mol. The number of fused-ring (bicyclic) bond motifs is 2. The molecule has 3 fully saturated rings. The minimum atomic E-state index is 0.755. The highest BCUT2D eigenvalue weighted by atomic mass is 15.1. The number of piperidine rings is 2. The summed E-state index contributed by atoms with van der Waals surface area (Å²) < 4.78 is 0. The maximum atomic E-state index is 8.73. The quantitative estimate of drug-likeness (QED) is 0.752. The second kappa shape index (κ2) is 3.92. The lowest BCUT2D eigenvalue weighted by Crippen LogP contribution is -2.47. The fourth-order valence-corrected chi connectivity index (χ4v) is 3.05. The van der Waals surface area contributed by atoms with Crippen LogP contribution in [0, 0.1) is 23.2 Å². The van der Waals surface area contributed by atoms with Crippen LogP contribution < -0.4 is 0 Å². The molecule has 1 aliphatic carbocycles. The van der Waals surface area contributed by atoms with E-state index in [4.69, 9.17) is 5.26 Å². The number of benzene rings is 1. The van der Waals surface area contributed by atoms with Crippen LogP contribution in [-0.4, -0.2) is 18.0 Å². The Morgan fingerprint density at radius 3 is 2.31 bits per heavy atom. The van der Waals surface area contributed by atoms with Gasteiger partial charge in [-0.15, -0.1) is 0 Å². The summed E-state index contributed by atoms with van der Waals surface area (Å²) in [6, 6.07) is 10.2. The first kappa shape index (κ1) is 9.86. The van der Waals surface area contributed by atoms with E-state index in [2.05, 4.69) is 23.1 Å². The molecule has 2 aliphatic heterocycles. The molecule has 2 bridgehead atoms. The smallest absolute Gasteiger partial charge is 0.0991 e. The van der Waals surface area contributed by atoms with Crippen LogP contribution >= 0.6 is 0 Å². The van der Waals surface area contributed by atoms with Gasteiger partial charge in [0.1, 0.15) is 0 Å². The van der Waals surface area contributed by atoms with Gasteiger partial charge in [-0.3, -0.25) is 4.90 Å². The van der Waals surface area contributed by atoms with Crippen molar-refractivity contribution in [1.82, 2.24) is 4.90 Å². The monoisotopic (exact) mass is 212 g/mol. The molecule has 1 aromatic carbocycles. The second-order valence-corrected chi connectivity index (χ2v) is 5.21. The molecule has 16 heavy (non-hydrogen) atoms. The molecule has 0 radical (unpaired) electrons. The lowest BCUT2D eigenvalue weighted by Gasteiger charge is -2.47. The van der Waals surface area contributed by atoms with Crippen LogP contribution in [0.4, 0.5) is 0 Å². The van der Waals surface area contributed by atoms with E-state index < -0.39 is 0 Å². The van der Waals surface area contributed by atoms with E-state index in [-0.39, 0.29) is 0 Å². The van der Waals surface area contributed by atoms with Gasteiger partial charge in [0.15, 0.2) is 0 Å². The highest BCUT2D eigenvalue weighted by Crippen LogP contribution is 2.39. The molecule has 1 aromatic rings. The Balaban J connectivity index is 1.63. The first-order valence-corrected chi connectivity index (χ1v) is 6.05. The predicted molar refractivity (Wildman–Crippen MR) is 62.6 cm³/mol. The van der Waals surface area contributed by atoms with Crippen LogP contribution in [0.1, 0.15) is 24.0 Å². The summed E-state index contributed by atoms with van der Waals surface area (Å²) in [4.78, 5) is 2.56. The van der Waals surface area contributed by atoms with Crippen molar-refractivity contribution in [2.75, 3.05) is 13.1 Å². The standard InChI is InChI=1S/C14H16N2/c15-7-11-1-3-12(4-2-11)8-16-9-13-5-14(6-13)10-16/h1-4,13-14H,5-6,8-10H2. The van der Waals surface area contributed by atoms with Crippen LogP contribution in [-0.2, 0) is 6.54 Å². The minimum Gasteiger partial charge on any atom is -0.299 e. The number of nitriles is 1. The van der Waals surface area contributed by atoms with Gasteiger partial charge in [-0.05, 0) is 42.4 Å². The molecule has 0 atom stereocenters. The van der Waals surface area contributed by atoms with Crippen molar-refractivity contribution in [3.63, 3.8) is 0 Å². The number of hydrogen-bond donors (Lipinski definition) is 0. The van der Waals surface area contributed by atoms with Crippen molar-refractivity contribution < 1.29 is 0 Å². The van der Waals surface area contributed by atoms with Gasteiger partial charge in [-0.25, -0.2) is 0 Å². The predicted octanol–water partition coefficient (Wildman–Crippen LogP) is 2.40. The maximum Gasteiger partial charge on any atom is 0.0991 e. The third-order valence-corrected chi connectivity index (χ3v) is 3.86. The molecule has 0 aromatic heterocycles. The maximum absolute atomic E-state index is 8.73. The zero-order chi connectivity index (χ0) is 11.0. The van der Waals surface area contributed by atoms with Crippen LogP contribution in [0.2, 0.25) is 0 Å². The van der Waals surface area contributed by atoms with Gasteiger partial charge in [0.2, 0.25) is 0 Å². The number of hydrogen-bond acceptors (Lipinski definition) is 2. The Morgan fingerprint density at radius 1 is 1.12 bits per heavy atom. The topological polar surface area (TPSA) is 27.0 Å². The normalized spacial score (nSPS) is 28.2. The molecule has 4 rings (SSSR count). The Hall–Kier alpha value is -1.33. The summed E-state index contributed by atoms with van der Waals surface area (Å²) in [6.07, 6.45) is 2.92. The van der Waals surface area contributed by atoms with Crippen LogP contribution in [0.3, 0.4) is 0 Å². The van der Waals surface area contributed by atoms with Gasteiger partial charge in [0.05, 0.1) is 11.6 Å². The molecule has 2 heteroatoms. The molecule has 0 unspecified atom stereocenters. The van der Waals surface area contributed by atoms with Crippen molar-refractivity contribution in [2.24, 2.45) is 11.8 Å². The molecule has 0 amide bonds. The van der Waals surface area contributed by atoms with E-state index in [0.29, 0.717) is 0 Å². The van der Waals surface area contributed by atoms with Gasteiger partial charge < -0.3 is 0 Å². The Kier molecular flexibility index (Phi) is 2.41. The van der Waals surface area contributed by atoms with Gasteiger partial charge in [0.25, 0.3) is 0 Å². The fraction of sp³-hybridized carbons (Fsp3) is 0.500. The van der Waals surface area contributed by atoms with E-state index in [1.54, 1.807) is 0 Å². The van der Waals surface area contributed by atoms with Gasteiger partial charge >= 0.3 is 0 Å². The van der Waals surface area contributed by atoms with E-state index in [1.807, 2.05) is 12.1 Å². The molecule has 1 saturated carbocycles. The average molecular weight is 212 g/mol. The Labute approximate surface area is 96.5 Å². The summed E-state index contributed by atoms with van der Waals surface area (Å²) >= 11 is 0. The first-order chi connectivity index (χ1) is 7.83. The Morgan fingerprint density at radius 2 is 1.75 bits per heavy atom. The minimum absolute atomic E-state index is 0.755. The molecule has 2 saturated heterocycles.